The van der Waals surface area contributed by atoms with Crippen LogP contribution in [0.4, 0.5) is 4.39 Å². The van der Waals surface area contributed by atoms with E-state index in [-0.39, 0.29) is 30.8 Å². The highest BCUT2D eigenvalue weighted by atomic mass is 19.1. The Morgan fingerprint density at radius 2 is 2.03 bits per heavy atom. The number of ether oxygens (including phenoxy) is 1. The second-order valence-electron chi connectivity index (χ2n) is 9.30. The monoisotopic (exact) mass is 479 g/mol. The highest BCUT2D eigenvalue weighted by molar-refractivity contribution is 5.81. The second kappa shape index (κ2) is 13.6. The van der Waals surface area contributed by atoms with Crippen LogP contribution in [0.5, 0.6) is 5.75 Å². The van der Waals surface area contributed by atoms with Gasteiger partial charge >= 0.3 is 0 Å². The summed E-state index contributed by atoms with van der Waals surface area (Å²) in [6.07, 6.45) is 3.36. The van der Waals surface area contributed by atoms with Crippen molar-refractivity contribution in [3.63, 3.8) is 0 Å². The van der Waals surface area contributed by atoms with Crippen LogP contribution in [0.15, 0.2) is 24.3 Å². The lowest BCUT2D eigenvalue weighted by atomic mass is 9.92. The number of hydrogen-bond acceptors (Lipinski definition) is 6. The zero-order valence-electron chi connectivity index (χ0n) is 19.8. The van der Waals surface area contributed by atoms with E-state index in [9.17, 15) is 24.2 Å². The van der Waals surface area contributed by atoms with Gasteiger partial charge in [-0.2, -0.15) is 0 Å². The topological polar surface area (TPSA) is 111 Å². The van der Waals surface area contributed by atoms with E-state index in [2.05, 4.69) is 10.6 Å². The minimum absolute atomic E-state index is 0.0767. The van der Waals surface area contributed by atoms with E-state index in [0.29, 0.717) is 43.2 Å². The Kier molecular flexibility index (Phi) is 10.6. The van der Waals surface area contributed by atoms with Crippen molar-refractivity contribution in [3.05, 3.63) is 29.8 Å². The number of carbonyl (C=O) groups excluding carboxylic acids is 2. The summed E-state index contributed by atoms with van der Waals surface area (Å²) in [6, 6.07) is 6.18. The molecule has 2 atom stereocenters. The summed E-state index contributed by atoms with van der Waals surface area (Å²) < 4.78 is 17.8. The molecule has 2 amide bonds. The molecule has 3 rings (SSSR count). The number of piperidine rings is 2. The Morgan fingerprint density at radius 1 is 1.24 bits per heavy atom. The Balaban J connectivity index is 1.57. The number of amides is 2. The zero-order chi connectivity index (χ0) is 24.3. The molecule has 0 aromatic heterocycles. The van der Waals surface area contributed by atoms with Crippen molar-refractivity contribution >= 4 is 11.8 Å². The lowest BCUT2D eigenvalue weighted by Crippen LogP contribution is -2.46. The maximum absolute atomic E-state index is 13.1. The van der Waals surface area contributed by atoms with Crippen LogP contribution < -0.4 is 15.4 Å². The molecule has 4 N–H and O–H groups in total. The number of alkyl halides is 1. The summed E-state index contributed by atoms with van der Waals surface area (Å²) in [5.74, 6) is 0.586. The van der Waals surface area contributed by atoms with E-state index in [1.54, 1.807) is 29.2 Å². The van der Waals surface area contributed by atoms with Crippen LogP contribution >= 0.6 is 0 Å². The van der Waals surface area contributed by atoms with Crippen molar-refractivity contribution in [1.82, 2.24) is 15.5 Å². The molecular formula is C25H38FN3O5. The summed E-state index contributed by atoms with van der Waals surface area (Å²) in [5.41, 5.74) is 0.642. The van der Waals surface area contributed by atoms with Crippen LogP contribution in [0.2, 0.25) is 0 Å². The lowest BCUT2D eigenvalue weighted by Gasteiger charge is -2.33. The van der Waals surface area contributed by atoms with Gasteiger partial charge in [-0.3, -0.25) is 9.59 Å². The molecule has 2 aliphatic rings. The molecule has 9 heteroatoms. The number of benzene rings is 1. The van der Waals surface area contributed by atoms with Crippen molar-refractivity contribution in [2.45, 2.75) is 57.3 Å². The van der Waals surface area contributed by atoms with Gasteiger partial charge in [-0.05, 0) is 68.8 Å². The number of aliphatic hydroxyl groups excluding tert-OH is 1. The molecule has 2 saturated heterocycles. The van der Waals surface area contributed by atoms with Gasteiger partial charge in [-0.1, -0.05) is 12.1 Å². The van der Waals surface area contributed by atoms with Crippen molar-refractivity contribution < 1.29 is 28.9 Å². The predicted molar refractivity (Wildman–Crippen MR) is 126 cm³/mol. The van der Waals surface area contributed by atoms with Gasteiger partial charge in [0.2, 0.25) is 11.8 Å². The van der Waals surface area contributed by atoms with Crippen molar-refractivity contribution in [2.75, 3.05) is 39.5 Å². The first-order chi connectivity index (χ1) is 16.5. The van der Waals surface area contributed by atoms with Gasteiger partial charge in [-0.25, -0.2) is 4.39 Å². The molecule has 0 bridgehead atoms. The van der Waals surface area contributed by atoms with E-state index in [1.807, 2.05) is 0 Å². The van der Waals surface area contributed by atoms with Crippen molar-refractivity contribution in [1.29, 1.82) is 0 Å². The van der Waals surface area contributed by atoms with E-state index in [1.165, 1.54) is 0 Å². The average molecular weight is 480 g/mol. The normalized spacial score (nSPS) is 20.2. The number of nitrogens with zero attached hydrogens (tertiary/aromatic N) is 1. The second-order valence-corrected chi connectivity index (χ2v) is 9.30. The largest absolute Gasteiger partial charge is 0.491 e. The van der Waals surface area contributed by atoms with Gasteiger partial charge in [0.1, 0.15) is 19.0 Å². The molecule has 2 heterocycles. The van der Waals surface area contributed by atoms with Gasteiger partial charge in [-0.15, -0.1) is 0 Å². The molecule has 2 unspecified atom stereocenters. The quantitative estimate of drug-likeness (QED) is 0.361. The third-order valence-corrected chi connectivity index (χ3v) is 6.74. The fourth-order valence-corrected chi connectivity index (χ4v) is 4.83. The molecule has 1 aromatic rings. The molecule has 0 aliphatic carbocycles. The van der Waals surface area contributed by atoms with E-state index < -0.39 is 19.0 Å². The van der Waals surface area contributed by atoms with E-state index >= 15 is 0 Å². The number of halogens is 1. The summed E-state index contributed by atoms with van der Waals surface area (Å²) in [4.78, 5) is 27.7. The average Bonchev–Trinajstić information content (AvgIpc) is 2.86. The van der Waals surface area contributed by atoms with Crippen LogP contribution in [-0.4, -0.2) is 72.7 Å². The highest BCUT2D eigenvalue weighted by Crippen LogP contribution is 2.26. The summed E-state index contributed by atoms with van der Waals surface area (Å²) in [6.45, 7) is 2.38. The summed E-state index contributed by atoms with van der Waals surface area (Å²) in [5, 5.41) is 25.4. The van der Waals surface area contributed by atoms with Gasteiger partial charge in [0.05, 0.1) is 12.0 Å². The van der Waals surface area contributed by atoms with Crippen LogP contribution in [0.1, 0.15) is 56.6 Å². The van der Waals surface area contributed by atoms with Crippen molar-refractivity contribution in [3.8, 4) is 5.75 Å². The standard InChI is InChI=1S/C25H38FN3O5/c26-10-14-34-21-5-1-3-19(15-21)22(16-24(31)32)28-25(33)20-4-2-13-29(17-20)23(30)7-6-18-8-11-27-12-9-18/h1,3,5,15,18,20,22,24,27,31-32H,2,4,6-14,16-17H2,(H,28,33). The molecule has 34 heavy (non-hydrogen) atoms. The Morgan fingerprint density at radius 3 is 2.76 bits per heavy atom. The number of carbonyl (C=O) groups is 2. The fourth-order valence-electron chi connectivity index (χ4n) is 4.83. The first kappa shape index (κ1) is 26.4. The van der Waals surface area contributed by atoms with Gasteiger partial charge in [0.15, 0.2) is 6.29 Å². The van der Waals surface area contributed by atoms with Gasteiger partial charge < -0.3 is 30.5 Å². The van der Waals surface area contributed by atoms with E-state index in [0.717, 1.165) is 38.8 Å². The lowest BCUT2D eigenvalue weighted by molar-refractivity contribution is -0.136. The van der Waals surface area contributed by atoms with E-state index in [4.69, 9.17) is 4.74 Å². The molecule has 1 aromatic carbocycles. The maximum atomic E-state index is 13.1. The highest BCUT2D eigenvalue weighted by Gasteiger charge is 2.30. The van der Waals surface area contributed by atoms with Gasteiger partial charge in [0, 0.05) is 25.9 Å². The molecule has 2 fully saturated rings. The maximum Gasteiger partial charge on any atom is 0.225 e. The number of hydrogen-bond donors (Lipinski definition) is 4. The summed E-state index contributed by atoms with van der Waals surface area (Å²) >= 11 is 0. The van der Waals surface area contributed by atoms with Crippen molar-refractivity contribution in [2.24, 2.45) is 11.8 Å². The molecule has 0 radical (unpaired) electrons. The zero-order valence-corrected chi connectivity index (χ0v) is 19.8. The van der Waals surface area contributed by atoms with Crippen LogP contribution in [0, 0.1) is 11.8 Å². The minimum atomic E-state index is -1.61. The molecular weight excluding hydrogens is 441 g/mol. The first-order valence-corrected chi connectivity index (χ1v) is 12.4. The summed E-state index contributed by atoms with van der Waals surface area (Å²) in [7, 11) is 0. The van der Waals surface area contributed by atoms with Crippen LogP contribution in [0.3, 0.4) is 0 Å². The third-order valence-electron chi connectivity index (χ3n) is 6.74. The SMILES string of the molecule is O=C(NC(CC(O)O)c1cccc(OCCF)c1)C1CCCN(C(=O)CCC2CCNCC2)C1. The molecule has 2 aliphatic heterocycles. The van der Waals surface area contributed by atoms with Crippen LogP contribution in [-0.2, 0) is 9.59 Å². The fraction of sp³-hybridized carbons (Fsp3) is 0.680. The third kappa shape index (κ3) is 8.21. The smallest absolute Gasteiger partial charge is 0.225 e. The molecule has 190 valence electrons. The number of aliphatic hydroxyl groups is 2. The Bertz CT molecular complexity index is 788. The molecule has 8 nitrogen and oxygen atoms in total. The number of nitrogens with one attached hydrogen (secondary N) is 2. The predicted octanol–water partition coefficient (Wildman–Crippen LogP) is 1.91. The molecule has 0 spiro atoms. The Labute approximate surface area is 200 Å². The number of rotatable bonds is 11. The first-order valence-electron chi connectivity index (χ1n) is 12.4. The Hall–Kier alpha value is -2.23. The van der Waals surface area contributed by atoms with Crippen LogP contribution in [0.25, 0.3) is 0 Å². The van der Waals surface area contributed by atoms with Gasteiger partial charge in [0.25, 0.3) is 0 Å². The molecule has 0 saturated carbocycles. The minimum Gasteiger partial charge on any atom is -0.491 e. The number of likely N-dealkylation sites (tertiary alicyclic amines) is 1.